The van der Waals surface area contributed by atoms with E-state index in [0.717, 1.165) is 37.9 Å². The SMILES string of the molecule is O=C(c1cnc[nH]1)N1CCC(Cc2ccnc3ccccc23)CC1. The van der Waals surface area contributed by atoms with Crippen molar-refractivity contribution >= 4 is 16.8 Å². The number of nitrogens with one attached hydrogen (secondary N) is 1. The molecule has 5 nitrogen and oxygen atoms in total. The Morgan fingerprint density at radius 1 is 1.21 bits per heavy atom. The van der Waals surface area contributed by atoms with Crippen LogP contribution in [0.15, 0.2) is 49.1 Å². The Morgan fingerprint density at radius 3 is 2.83 bits per heavy atom. The molecule has 0 atom stereocenters. The molecule has 1 aliphatic rings. The van der Waals surface area contributed by atoms with Gasteiger partial charge in [-0.3, -0.25) is 9.78 Å². The van der Waals surface area contributed by atoms with Gasteiger partial charge in [-0.1, -0.05) is 18.2 Å². The summed E-state index contributed by atoms with van der Waals surface area (Å²) in [5.41, 5.74) is 2.99. The van der Waals surface area contributed by atoms with Gasteiger partial charge in [-0.25, -0.2) is 4.98 Å². The number of para-hydroxylation sites is 1. The summed E-state index contributed by atoms with van der Waals surface area (Å²) in [6.45, 7) is 1.62. The highest BCUT2D eigenvalue weighted by Crippen LogP contribution is 2.26. The van der Waals surface area contributed by atoms with E-state index in [0.29, 0.717) is 11.6 Å². The van der Waals surface area contributed by atoms with E-state index in [4.69, 9.17) is 0 Å². The molecule has 24 heavy (non-hydrogen) atoms. The minimum atomic E-state index is 0.0558. The van der Waals surface area contributed by atoms with Crippen molar-refractivity contribution in [3.63, 3.8) is 0 Å². The highest BCUT2D eigenvalue weighted by Gasteiger charge is 2.24. The Balaban J connectivity index is 1.42. The number of H-pyrrole nitrogens is 1. The lowest BCUT2D eigenvalue weighted by atomic mass is 9.89. The van der Waals surface area contributed by atoms with Gasteiger partial charge in [-0.2, -0.15) is 0 Å². The number of likely N-dealkylation sites (tertiary alicyclic amines) is 1. The fourth-order valence-corrected chi connectivity index (χ4v) is 3.53. The number of amides is 1. The van der Waals surface area contributed by atoms with E-state index in [9.17, 15) is 4.79 Å². The maximum atomic E-state index is 12.3. The summed E-state index contributed by atoms with van der Waals surface area (Å²) < 4.78 is 0. The Bertz CT molecular complexity index is 830. The average molecular weight is 320 g/mol. The fraction of sp³-hybridized carbons (Fsp3) is 0.316. The number of aromatic amines is 1. The summed E-state index contributed by atoms with van der Waals surface area (Å²) >= 11 is 0. The number of aromatic nitrogens is 3. The van der Waals surface area contributed by atoms with Crippen LogP contribution >= 0.6 is 0 Å². The van der Waals surface area contributed by atoms with E-state index < -0.39 is 0 Å². The Hall–Kier alpha value is -2.69. The van der Waals surface area contributed by atoms with Crippen LogP contribution in [0.3, 0.4) is 0 Å². The summed E-state index contributed by atoms with van der Waals surface area (Å²) in [5.74, 6) is 0.668. The Morgan fingerprint density at radius 2 is 2.04 bits per heavy atom. The molecule has 1 aliphatic heterocycles. The van der Waals surface area contributed by atoms with Gasteiger partial charge in [0.1, 0.15) is 5.69 Å². The van der Waals surface area contributed by atoms with Gasteiger partial charge in [0.2, 0.25) is 0 Å². The summed E-state index contributed by atoms with van der Waals surface area (Å²) in [5, 5.41) is 1.25. The van der Waals surface area contributed by atoms with Crippen molar-refractivity contribution < 1.29 is 4.79 Å². The predicted octanol–water partition coefficient (Wildman–Crippen LogP) is 3.05. The number of hydrogen-bond donors (Lipinski definition) is 1. The number of hydrogen-bond acceptors (Lipinski definition) is 3. The number of carbonyl (C=O) groups excluding carboxylic acids is 1. The first-order chi connectivity index (χ1) is 11.8. The van der Waals surface area contributed by atoms with E-state index in [1.54, 1.807) is 12.5 Å². The zero-order valence-electron chi connectivity index (χ0n) is 13.5. The molecule has 1 N–H and O–H groups in total. The molecule has 3 heterocycles. The maximum Gasteiger partial charge on any atom is 0.271 e. The van der Waals surface area contributed by atoms with Gasteiger partial charge in [0.15, 0.2) is 0 Å². The maximum absolute atomic E-state index is 12.3. The van der Waals surface area contributed by atoms with Crippen LogP contribution in [0, 0.1) is 5.92 Å². The molecule has 0 unspecified atom stereocenters. The normalized spacial score (nSPS) is 15.8. The quantitative estimate of drug-likeness (QED) is 0.807. The third-order valence-electron chi connectivity index (χ3n) is 4.88. The van der Waals surface area contributed by atoms with Crippen LogP contribution in [-0.2, 0) is 6.42 Å². The minimum absolute atomic E-state index is 0.0558. The van der Waals surface area contributed by atoms with E-state index in [1.807, 2.05) is 17.2 Å². The molecule has 0 spiro atoms. The molecule has 4 rings (SSSR count). The molecule has 1 aromatic carbocycles. The molecule has 1 saturated heterocycles. The lowest BCUT2D eigenvalue weighted by Crippen LogP contribution is -2.39. The molecule has 0 aliphatic carbocycles. The summed E-state index contributed by atoms with van der Waals surface area (Å²) in [6.07, 6.45) is 8.17. The standard InChI is InChI=1S/C19H20N4O/c24-19(18-12-20-13-22-18)23-9-6-14(7-10-23)11-15-5-8-21-17-4-2-1-3-16(15)17/h1-5,8,12-14H,6-7,9-11H2,(H,20,22). The highest BCUT2D eigenvalue weighted by molar-refractivity contribution is 5.92. The summed E-state index contributed by atoms with van der Waals surface area (Å²) in [6, 6.07) is 10.4. The van der Waals surface area contributed by atoms with Crippen molar-refractivity contribution in [3.05, 3.63) is 60.3 Å². The lowest BCUT2D eigenvalue weighted by molar-refractivity contribution is 0.0685. The van der Waals surface area contributed by atoms with Crippen LogP contribution in [0.25, 0.3) is 10.9 Å². The molecular formula is C19H20N4O. The molecule has 0 saturated carbocycles. The largest absolute Gasteiger partial charge is 0.341 e. The molecule has 1 fully saturated rings. The number of pyridine rings is 1. The van der Waals surface area contributed by atoms with Crippen molar-refractivity contribution in [2.75, 3.05) is 13.1 Å². The zero-order valence-corrected chi connectivity index (χ0v) is 13.5. The van der Waals surface area contributed by atoms with Crippen LogP contribution < -0.4 is 0 Å². The third-order valence-corrected chi connectivity index (χ3v) is 4.88. The van der Waals surface area contributed by atoms with Gasteiger partial charge in [-0.05, 0) is 42.9 Å². The molecule has 1 amide bonds. The highest BCUT2D eigenvalue weighted by atomic mass is 16.2. The van der Waals surface area contributed by atoms with Gasteiger partial charge in [-0.15, -0.1) is 0 Å². The molecule has 0 radical (unpaired) electrons. The number of fused-ring (bicyclic) bond motifs is 1. The van der Waals surface area contributed by atoms with Gasteiger partial charge in [0, 0.05) is 24.7 Å². The van der Waals surface area contributed by atoms with E-state index in [-0.39, 0.29) is 5.91 Å². The first kappa shape index (κ1) is 14.9. The monoisotopic (exact) mass is 320 g/mol. The van der Waals surface area contributed by atoms with Gasteiger partial charge in [0.05, 0.1) is 18.0 Å². The number of carbonyl (C=O) groups is 1. The van der Waals surface area contributed by atoms with Crippen LogP contribution in [0.4, 0.5) is 0 Å². The van der Waals surface area contributed by atoms with Gasteiger partial charge >= 0.3 is 0 Å². The second-order valence-electron chi connectivity index (χ2n) is 6.39. The van der Waals surface area contributed by atoms with Crippen molar-refractivity contribution in [1.29, 1.82) is 0 Å². The molecule has 3 aromatic rings. The van der Waals surface area contributed by atoms with Gasteiger partial charge < -0.3 is 9.88 Å². The van der Waals surface area contributed by atoms with Crippen molar-refractivity contribution in [1.82, 2.24) is 19.9 Å². The van der Waals surface area contributed by atoms with E-state index in [1.165, 1.54) is 10.9 Å². The third kappa shape index (κ3) is 2.89. The fourth-order valence-electron chi connectivity index (χ4n) is 3.53. The first-order valence-electron chi connectivity index (χ1n) is 8.41. The molecule has 2 aromatic heterocycles. The van der Waals surface area contributed by atoms with Crippen LogP contribution in [0.1, 0.15) is 28.9 Å². The van der Waals surface area contributed by atoms with Crippen LogP contribution in [0.5, 0.6) is 0 Å². The molecule has 5 heteroatoms. The predicted molar refractivity (Wildman–Crippen MR) is 92.7 cm³/mol. The Labute approximate surface area is 140 Å². The number of imidazole rings is 1. The number of nitrogens with zero attached hydrogens (tertiary/aromatic N) is 3. The van der Waals surface area contributed by atoms with E-state index in [2.05, 4.69) is 39.2 Å². The van der Waals surface area contributed by atoms with Crippen molar-refractivity contribution in [2.24, 2.45) is 5.92 Å². The average Bonchev–Trinajstić information content (AvgIpc) is 3.17. The topological polar surface area (TPSA) is 61.9 Å². The van der Waals surface area contributed by atoms with Gasteiger partial charge in [0.25, 0.3) is 5.91 Å². The van der Waals surface area contributed by atoms with Crippen molar-refractivity contribution in [3.8, 4) is 0 Å². The first-order valence-corrected chi connectivity index (χ1v) is 8.41. The summed E-state index contributed by atoms with van der Waals surface area (Å²) in [7, 11) is 0. The molecule has 122 valence electrons. The number of benzene rings is 1. The van der Waals surface area contributed by atoms with Crippen LogP contribution in [0.2, 0.25) is 0 Å². The number of piperidine rings is 1. The lowest BCUT2D eigenvalue weighted by Gasteiger charge is -2.32. The second kappa shape index (κ2) is 6.43. The summed E-state index contributed by atoms with van der Waals surface area (Å²) in [4.78, 5) is 25.5. The zero-order chi connectivity index (χ0) is 16.4. The van der Waals surface area contributed by atoms with E-state index >= 15 is 0 Å². The van der Waals surface area contributed by atoms with Crippen molar-refractivity contribution in [2.45, 2.75) is 19.3 Å². The molecule has 0 bridgehead atoms. The van der Waals surface area contributed by atoms with Crippen LogP contribution in [-0.4, -0.2) is 38.8 Å². The number of rotatable bonds is 3. The second-order valence-corrected chi connectivity index (χ2v) is 6.39. The Kier molecular flexibility index (Phi) is 3.99. The smallest absolute Gasteiger partial charge is 0.271 e. The minimum Gasteiger partial charge on any atom is -0.341 e. The molecular weight excluding hydrogens is 300 g/mol.